The van der Waals surface area contributed by atoms with Crippen molar-refractivity contribution in [2.75, 3.05) is 16.8 Å². The molecule has 7 nitrogen and oxygen atoms in total. The van der Waals surface area contributed by atoms with Crippen LogP contribution < -0.4 is 16.8 Å². The summed E-state index contributed by atoms with van der Waals surface area (Å²) in [7, 11) is 0. The van der Waals surface area contributed by atoms with Crippen LogP contribution >= 0.6 is 0 Å². The van der Waals surface area contributed by atoms with Crippen molar-refractivity contribution < 1.29 is 13.2 Å². The zero-order chi connectivity index (χ0) is 23.0. The topological polar surface area (TPSA) is 127 Å². The van der Waals surface area contributed by atoms with Crippen molar-refractivity contribution in [3.05, 3.63) is 71.0 Å². The zero-order valence-corrected chi connectivity index (χ0v) is 16.7. The van der Waals surface area contributed by atoms with Crippen LogP contribution in [0.15, 0.2) is 42.5 Å². The summed E-state index contributed by atoms with van der Waals surface area (Å²) in [6.45, 7) is 1.74. The number of anilines is 3. The van der Waals surface area contributed by atoms with Crippen molar-refractivity contribution in [1.82, 2.24) is 15.0 Å². The van der Waals surface area contributed by atoms with Gasteiger partial charge in [0.15, 0.2) is 5.82 Å². The summed E-state index contributed by atoms with van der Waals surface area (Å²) in [5, 5.41) is 13.1. The standard InChI is InChI=1S/C22H16F3N7/c1-10(29-21-17(9-26)20(27)31-22(28)32-21)16-6-11-2-3-13(23)8-18(11)30-19(16)12-4-14(24)7-15(25)5-12/h2-8,10H,1H3,(H5,27,28,29,31,32). The van der Waals surface area contributed by atoms with Crippen LogP contribution in [0.1, 0.15) is 24.1 Å². The van der Waals surface area contributed by atoms with Crippen LogP contribution in [0.5, 0.6) is 0 Å². The molecule has 1 atom stereocenters. The fourth-order valence-electron chi connectivity index (χ4n) is 3.40. The molecule has 2 heterocycles. The fraction of sp³-hybridized carbons (Fsp3) is 0.0909. The van der Waals surface area contributed by atoms with Crippen LogP contribution in [0.25, 0.3) is 22.2 Å². The zero-order valence-electron chi connectivity index (χ0n) is 16.7. The maximum absolute atomic E-state index is 13.9. The van der Waals surface area contributed by atoms with E-state index in [2.05, 4.69) is 20.3 Å². The second-order valence-corrected chi connectivity index (χ2v) is 7.09. The van der Waals surface area contributed by atoms with Gasteiger partial charge in [-0.15, -0.1) is 0 Å². The van der Waals surface area contributed by atoms with Gasteiger partial charge in [0.2, 0.25) is 5.95 Å². The number of aromatic nitrogens is 3. The van der Waals surface area contributed by atoms with Gasteiger partial charge in [-0.1, -0.05) is 0 Å². The van der Waals surface area contributed by atoms with Gasteiger partial charge < -0.3 is 16.8 Å². The fourth-order valence-corrected chi connectivity index (χ4v) is 3.40. The van der Waals surface area contributed by atoms with Crippen molar-refractivity contribution in [1.29, 1.82) is 5.26 Å². The van der Waals surface area contributed by atoms with Crippen molar-refractivity contribution in [2.24, 2.45) is 0 Å². The minimum Gasteiger partial charge on any atom is -0.382 e. The molecule has 0 saturated heterocycles. The number of halogens is 3. The smallest absolute Gasteiger partial charge is 0.224 e. The Morgan fingerprint density at radius 1 is 0.938 bits per heavy atom. The number of nitrogens with two attached hydrogens (primary N) is 2. The van der Waals surface area contributed by atoms with Gasteiger partial charge in [0.25, 0.3) is 0 Å². The highest BCUT2D eigenvalue weighted by Crippen LogP contribution is 2.33. The Morgan fingerprint density at radius 3 is 2.34 bits per heavy atom. The third-order valence-corrected chi connectivity index (χ3v) is 4.83. The summed E-state index contributed by atoms with van der Waals surface area (Å²) in [5.41, 5.74) is 12.7. The minimum atomic E-state index is -0.782. The Bertz CT molecular complexity index is 1380. The van der Waals surface area contributed by atoms with Gasteiger partial charge >= 0.3 is 0 Å². The first-order chi connectivity index (χ1) is 15.2. The van der Waals surface area contributed by atoms with Gasteiger partial charge in [-0.05, 0) is 37.3 Å². The summed E-state index contributed by atoms with van der Waals surface area (Å²) in [4.78, 5) is 12.3. The molecule has 0 spiro atoms. The molecule has 0 fully saturated rings. The molecule has 0 aliphatic rings. The lowest BCUT2D eigenvalue weighted by Crippen LogP contribution is -2.14. The van der Waals surface area contributed by atoms with E-state index in [1.807, 2.05) is 6.07 Å². The number of nitrogens with one attached hydrogen (secondary N) is 1. The molecule has 0 aliphatic carbocycles. The number of rotatable bonds is 4. The van der Waals surface area contributed by atoms with E-state index in [0.29, 0.717) is 16.5 Å². The summed E-state index contributed by atoms with van der Waals surface area (Å²) in [6.07, 6.45) is 0. The first-order valence-electron chi connectivity index (χ1n) is 9.41. The molecule has 2 aromatic heterocycles. The molecule has 5 N–H and O–H groups in total. The summed E-state index contributed by atoms with van der Waals surface area (Å²) < 4.78 is 41.6. The van der Waals surface area contributed by atoms with Gasteiger partial charge in [-0.2, -0.15) is 15.2 Å². The van der Waals surface area contributed by atoms with Gasteiger partial charge in [0.1, 0.15) is 34.9 Å². The van der Waals surface area contributed by atoms with E-state index in [1.54, 1.807) is 19.1 Å². The van der Waals surface area contributed by atoms with Crippen LogP contribution in [0.2, 0.25) is 0 Å². The predicted octanol–water partition coefficient (Wildman–Crippen LogP) is 4.32. The Morgan fingerprint density at radius 2 is 1.66 bits per heavy atom. The number of fused-ring (bicyclic) bond motifs is 1. The van der Waals surface area contributed by atoms with Gasteiger partial charge in [0, 0.05) is 28.6 Å². The molecule has 0 amide bonds. The molecule has 10 heteroatoms. The first kappa shape index (κ1) is 20.9. The number of nitrogen functional groups attached to an aromatic ring is 2. The average molecular weight is 435 g/mol. The lowest BCUT2D eigenvalue weighted by atomic mass is 9.98. The lowest BCUT2D eigenvalue weighted by molar-refractivity contribution is 0.584. The number of pyridine rings is 1. The molecule has 4 aromatic rings. The molecule has 32 heavy (non-hydrogen) atoms. The van der Waals surface area contributed by atoms with Crippen LogP contribution in [-0.2, 0) is 0 Å². The predicted molar refractivity (Wildman–Crippen MR) is 115 cm³/mol. The molecule has 0 aliphatic heterocycles. The number of nitrogens with zero attached hydrogens (tertiary/aromatic N) is 4. The normalized spacial score (nSPS) is 11.8. The highest BCUT2D eigenvalue weighted by Gasteiger charge is 2.20. The van der Waals surface area contributed by atoms with Crippen LogP contribution in [0.3, 0.4) is 0 Å². The van der Waals surface area contributed by atoms with Gasteiger partial charge in [-0.3, -0.25) is 0 Å². The molecule has 0 bridgehead atoms. The van der Waals surface area contributed by atoms with E-state index < -0.39 is 23.5 Å². The molecule has 160 valence electrons. The first-order valence-corrected chi connectivity index (χ1v) is 9.41. The van der Waals surface area contributed by atoms with E-state index in [-0.39, 0.29) is 34.4 Å². The lowest BCUT2D eigenvalue weighted by Gasteiger charge is -2.20. The van der Waals surface area contributed by atoms with E-state index in [4.69, 9.17) is 11.5 Å². The van der Waals surface area contributed by atoms with Crippen LogP contribution in [0, 0.1) is 28.8 Å². The molecule has 0 saturated carbocycles. The molecule has 4 rings (SSSR count). The maximum Gasteiger partial charge on any atom is 0.224 e. The summed E-state index contributed by atoms with van der Waals surface area (Å²) >= 11 is 0. The monoisotopic (exact) mass is 435 g/mol. The second kappa shape index (κ2) is 8.03. The number of nitriles is 1. The van der Waals surface area contributed by atoms with Crippen LogP contribution in [-0.4, -0.2) is 15.0 Å². The molecular formula is C22H16F3N7. The Labute approximate surface area is 180 Å². The third-order valence-electron chi connectivity index (χ3n) is 4.83. The van der Waals surface area contributed by atoms with Crippen LogP contribution in [0.4, 0.5) is 30.8 Å². The summed E-state index contributed by atoms with van der Waals surface area (Å²) in [5.74, 6) is -2.18. The number of hydrogen-bond donors (Lipinski definition) is 3. The van der Waals surface area contributed by atoms with Crippen molar-refractivity contribution in [2.45, 2.75) is 13.0 Å². The van der Waals surface area contributed by atoms with E-state index >= 15 is 0 Å². The quantitative estimate of drug-likeness (QED) is 0.436. The molecular weight excluding hydrogens is 419 g/mol. The maximum atomic E-state index is 13.9. The number of benzene rings is 2. The Kier molecular flexibility index (Phi) is 5.24. The Hall–Kier alpha value is -4.39. The highest BCUT2D eigenvalue weighted by atomic mass is 19.1. The minimum absolute atomic E-state index is 0.000203. The molecule has 2 aromatic carbocycles. The van der Waals surface area contributed by atoms with E-state index in [9.17, 15) is 18.4 Å². The number of hydrogen-bond acceptors (Lipinski definition) is 7. The SMILES string of the molecule is CC(Nc1nc(N)nc(N)c1C#N)c1cc2ccc(F)cc2nc1-c1cc(F)cc(F)c1. The van der Waals surface area contributed by atoms with Crippen molar-refractivity contribution in [3.63, 3.8) is 0 Å². The molecule has 1 unspecified atom stereocenters. The van der Waals surface area contributed by atoms with Crippen molar-refractivity contribution in [3.8, 4) is 17.3 Å². The second-order valence-electron chi connectivity index (χ2n) is 7.09. The van der Waals surface area contributed by atoms with Gasteiger partial charge in [-0.25, -0.2) is 18.2 Å². The van der Waals surface area contributed by atoms with Crippen molar-refractivity contribution >= 4 is 28.5 Å². The van der Waals surface area contributed by atoms with E-state index in [0.717, 1.165) is 18.2 Å². The molecule has 0 radical (unpaired) electrons. The third kappa shape index (κ3) is 3.96. The Balaban J connectivity index is 1.89. The van der Waals surface area contributed by atoms with Gasteiger partial charge in [0.05, 0.1) is 17.3 Å². The largest absolute Gasteiger partial charge is 0.382 e. The highest BCUT2D eigenvalue weighted by molar-refractivity contribution is 5.84. The average Bonchev–Trinajstić information content (AvgIpc) is 2.71. The summed E-state index contributed by atoms with van der Waals surface area (Å²) in [6, 6.07) is 10.1. The van der Waals surface area contributed by atoms with E-state index in [1.165, 1.54) is 12.1 Å².